The van der Waals surface area contributed by atoms with E-state index in [0.29, 0.717) is 53.1 Å². The van der Waals surface area contributed by atoms with E-state index >= 15 is 0 Å². The molecule has 2 saturated heterocycles. The molecule has 0 unspecified atom stereocenters. The molecule has 0 spiro atoms. The lowest BCUT2D eigenvalue weighted by Crippen LogP contribution is -2.36. The Labute approximate surface area is 218 Å². The Kier molecular flexibility index (Phi) is 8.74. The number of anilines is 1. The van der Waals surface area contributed by atoms with E-state index in [0.717, 1.165) is 56.5 Å². The maximum absolute atomic E-state index is 13.4. The molecular formula is C26H31N5O5S. The lowest BCUT2D eigenvalue weighted by molar-refractivity contribution is -0.384. The van der Waals surface area contributed by atoms with E-state index < -0.39 is 0 Å². The quantitative estimate of drug-likeness (QED) is 0.293. The second-order valence-electron chi connectivity index (χ2n) is 9.26. The molecule has 1 aromatic carbocycles. The van der Waals surface area contributed by atoms with Crippen molar-refractivity contribution in [3.63, 3.8) is 0 Å². The highest BCUT2D eigenvalue weighted by Crippen LogP contribution is 2.31. The number of likely N-dealkylation sites (tertiary alicyclic amines) is 1. The minimum Gasteiger partial charge on any atom is -0.385 e. The number of rotatable bonds is 8. The lowest BCUT2D eigenvalue weighted by Gasteiger charge is -2.28. The van der Waals surface area contributed by atoms with Crippen LogP contribution in [0.4, 0.5) is 11.4 Å². The molecule has 196 valence electrons. The Bertz CT molecular complexity index is 1380. The highest BCUT2D eigenvalue weighted by Gasteiger charge is 2.25. The van der Waals surface area contributed by atoms with Gasteiger partial charge < -0.3 is 14.5 Å². The normalized spacial score (nSPS) is 17.1. The molecule has 37 heavy (non-hydrogen) atoms. The van der Waals surface area contributed by atoms with E-state index in [2.05, 4.69) is 0 Å². The molecule has 4 rings (SSSR count). The largest absolute Gasteiger partial charge is 0.385 e. The molecule has 0 bridgehead atoms. The van der Waals surface area contributed by atoms with Gasteiger partial charge in [0.2, 0.25) is 0 Å². The van der Waals surface area contributed by atoms with Crippen LogP contribution in [0.3, 0.4) is 0 Å². The SMILES string of the molecule is COCCCn1c(=O)/c(=C/c2ccc(N3CCCCC3)c([N+](=O)[O-])c2)s/c1=C(\C#N)C(=O)N1CCCC1. The van der Waals surface area contributed by atoms with Crippen molar-refractivity contribution < 1.29 is 14.5 Å². The molecule has 11 heteroatoms. The first-order valence-electron chi connectivity index (χ1n) is 12.6. The van der Waals surface area contributed by atoms with Crippen LogP contribution in [0.15, 0.2) is 23.0 Å². The average Bonchev–Trinajstić information content (AvgIpc) is 3.55. The van der Waals surface area contributed by atoms with Crippen molar-refractivity contribution in [1.82, 2.24) is 9.47 Å². The number of hydrogen-bond acceptors (Lipinski definition) is 8. The van der Waals surface area contributed by atoms with E-state index in [-0.39, 0.29) is 27.7 Å². The van der Waals surface area contributed by atoms with Crippen LogP contribution in [0.2, 0.25) is 0 Å². The standard InChI is InChI=1S/C26H31N5O5S/c1-36-15-7-14-30-25(33)23(37-26(30)20(18-27)24(32)29-12-5-6-13-29)17-19-8-9-21(22(16-19)31(34)35)28-10-3-2-4-11-28/h8-9,16-17H,2-7,10-15H2,1H3/b23-17-,26-20+. The predicted octanol–water partition coefficient (Wildman–Crippen LogP) is 1.97. The first-order chi connectivity index (χ1) is 17.9. The van der Waals surface area contributed by atoms with Gasteiger partial charge in [-0.25, -0.2) is 0 Å². The van der Waals surface area contributed by atoms with Crippen LogP contribution in [-0.4, -0.2) is 60.2 Å². The molecular weight excluding hydrogens is 494 g/mol. The van der Waals surface area contributed by atoms with E-state index in [1.807, 2.05) is 11.0 Å². The summed E-state index contributed by atoms with van der Waals surface area (Å²) in [7, 11) is 1.57. The molecule has 2 aliphatic heterocycles. The number of nitriles is 1. The van der Waals surface area contributed by atoms with Crippen molar-refractivity contribution >= 4 is 40.3 Å². The van der Waals surface area contributed by atoms with Crippen molar-refractivity contribution in [2.45, 2.75) is 45.1 Å². The Balaban J connectivity index is 1.82. The van der Waals surface area contributed by atoms with Crippen LogP contribution in [0.1, 0.15) is 44.1 Å². The second-order valence-corrected chi connectivity index (χ2v) is 10.3. The fourth-order valence-corrected chi connectivity index (χ4v) is 5.99. The number of ether oxygens (including phenoxy) is 1. The monoisotopic (exact) mass is 525 g/mol. The fourth-order valence-electron chi connectivity index (χ4n) is 4.87. The molecule has 1 aromatic heterocycles. The van der Waals surface area contributed by atoms with Crippen LogP contribution < -0.4 is 19.7 Å². The average molecular weight is 526 g/mol. The number of nitro groups is 1. The van der Waals surface area contributed by atoms with Crippen molar-refractivity contribution in [2.75, 3.05) is 44.8 Å². The molecule has 0 aliphatic carbocycles. The molecule has 3 heterocycles. The number of methoxy groups -OCH3 is 1. The maximum Gasteiger partial charge on any atom is 0.293 e. The summed E-state index contributed by atoms with van der Waals surface area (Å²) in [6, 6.07) is 7.04. The molecule has 0 radical (unpaired) electrons. The fraction of sp³-hybridized carbons (Fsp3) is 0.500. The minimum atomic E-state index is -0.388. The zero-order chi connectivity index (χ0) is 26.4. The molecule has 2 aromatic rings. The molecule has 2 aliphatic rings. The summed E-state index contributed by atoms with van der Waals surface area (Å²) < 4.78 is 7.21. The third kappa shape index (κ3) is 5.92. The summed E-state index contributed by atoms with van der Waals surface area (Å²) in [5.41, 5.74) is 0.724. The topological polar surface area (TPSA) is 122 Å². The van der Waals surface area contributed by atoms with Gasteiger partial charge in [-0.15, -0.1) is 11.3 Å². The summed E-state index contributed by atoms with van der Waals surface area (Å²) in [6.45, 7) is 3.46. The van der Waals surface area contributed by atoms with Crippen LogP contribution in [-0.2, 0) is 16.1 Å². The van der Waals surface area contributed by atoms with Crippen LogP contribution in [0.25, 0.3) is 11.6 Å². The van der Waals surface area contributed by atoms with Gasteiger partial charge >= 0.3 is 0 Å². The smallest absolute Gasteiger partial charge is 0.293 e. The number of piperidine rings is 1. The van der Waals surface area contributed by atoms with Gasteiger partial charge in [0.05, 0.1) is 9.46 Å². The lowest BCUT2D eigenvalue weighted by atomic mass is 10.1. The second kappa shape index (κ2) is 12.2. The summed E-state index contributed by atoms with van der Waals surface area (Å²) in [5, 5.41) is 21.8. The highest BCUT2D eigenvalue weighted by molar-refractivity contribution is 7.07. The van der Waals surface area contributed by atoms with Crippen LogP contribution >= 0.6 is 11.3 Å². The Morgan fingerprint density at radius 2 is 1.89 bits per heavy atom. The molecule has 10 nitrogen and oxygen atoms in total. The first kappa shape index (κ1) is 26.6. The molecule has 0 atom stereocenters. The van der Waals surface area contributed by atoms with Crippen molar-refractivity contribution in [2.24, 2.45) is 0 Å². The zero-order valence-corrected chi connectivity index (χ0v) is 21.8. The minimum absolute atomic E-state index is 0.00124. The molecule has 0 saturated carbocycles. The predicted molar refractivity (Wildman–Crippen MR) is 142 cm³/mol. The van der Waals surface area contributed by atoms with E-state index in [1.54, 1.807) is 30.2 Å². The molecule has 1 amide bonds. The summed E-state index contributed by atoms with van der Waals surface area (Å²) in [4.78, 5) is 41.7. The number of aromatic nitrogens is 1. The Morgan fingerprint density at radius 3 is 2.54 bits per heavy atom. The van der Waals surface area contributed by atoms with E-state index in [9.17, 15) is 25.0 Å². The number of hydrogen-bond donors (Lipinski definition) is 0. The van der Waals surface area contributed by atoms with Crippen molar-refractivity contribution in [3.8, 4) is 6.07 Å². The van der Waals surface area contributed by atoms with Crippen LogP contribution in [0.5, 0.6) is 0 Å². The maximum atomic E-state index is 13.4. The van der Waals surface area contributed by atoms with Gasteiger partial charge in [-0.1, -0.05) is 6.07 Å². The summed E-state index contributed by atoms with van der Waals surface area (Å²) in [5.74, 6) is -0.366. The van der Waals surface area contributed by atoms with Crippen molar-refractivity contribution in [3.05, 3.63) is 53.4 Å². The number of benzene rings is 1. The van der Waals surface area contributed by atoms with E-state index in [1.165, 1.54) is 10.6 Å². The van der Waals surface area contributed by atoms with E-state index in [4.69, 9.17) is 4.74 Å². The summed E-state index contributed by atoms with van der Waals surface area (Å²) in [6.07, 6.45) is 7.04. The number of amides is 1. The van der Waals surface area contributed by atoms with Gasteiger partial charge in [-0.05, 0) is 56.2 Å². The third-order valence-corrected chi connectivity index (χ3v) is 7.89. The Hall–Kier alpha value is -3.49. The molecule has 2 fully saturated rings. The first-order valence-corrected chi connectivity index (χ1v) is 13.4. The van der Waals surface area contributed by atoms with Crippen LogP contribution in [0, 0.1) is 21.4 Å². The number of nitro benzene ring substituents is 1. The number of carbonyl (C=O) groups is 1. The highest BCUT2D eigenvalue weighted by atomic mass is 32.1. The molecule has 0 N–H and O–H groups in total. The van der Waals surface area contributed by atoms with Gasteiger partial charge in [-0.3, -0.25) is 24.3 Å². The third-order valence-electron chi connectivity index (χ3n) is 6.76. The number of nitrogens with zero attached hydrogens (tertiary/aromatic N) is 5. The Morgan fingerprint density at radius 1 is 1.19 bits per heavy atom. The van der Waals surface area contributed by atoms with Gasteiger partial charge in [-0.2, -0.15) is 5.26 Å². The van der Waals surface area contributed by atoms with Gasteiger partial charge in [0.1, 0.15) is 16.4 Å². The number of thiazole rings is 1. The van der Waals surface area contributed by atoms with Gasteiger partial charge in [0.25, 0.3) is 17.2 Å². The van der Waals surface area contributed by atoms with Gasteiger partial charge in [0.15, 0.2) is 5.57 Å². The zero-order valence-electron chi connectivity index (χ0n) is 21.0. The summed E-state index contributed by atoms with van der Waals surface area (Å²) >= 11 is 1.07. The number of carbonyl (C=O) groups excluding carboxylic acids is 1. The van der Waals surface area contributed by atoms with Crippen molar-refractivity contribution in [1.29, 1.82) is 5.26 Å². The van der Waals surface area contributed by atoms with Gasteiger partial charge in [0, 0.05) is 52.5 Å².